The molecular weight excluding hydrogens is 344 g/mol. The number of aromatic amines is 1. The minimum absolute atomic E-state index is 0.189. The van der Waals surface area contributed by atoms with Crippen molar-refractivity contribution in [1.82, 2.24) is 9.29 Å². The van der Waals surface area contributed by atoms with Gasteiger partial charge in [-0.3, -0.25) is 0 Å². The van der Waals surface area contributed by atoms with E-state index in [2.05, 4.69) is 23.2 Å². The minimum atomic E-state index is -3.19. The number of rotatable bonds is 5. The molecule has 0 saturated carbocycles. The quantitative estimate of drug-likeness (QED) is 0.742. The summed E-state index contributed by atoms with van der Waals surface area (Å²) in [5.41, 5.74) is 3.46. The zero-order valence-electron chi connectivity index (χ0n) is 14.8. The Morgan fingerprint density at radius 2 is 1.65 bits per heavy atom. The molecule has 1 aromatic heterocycles. The van der Waals surface area contributed by atoms with E-state index in [0.717, 1.165) is 23.9 Å². The summed E-state index contributed by atoms with van der Waals surface area (Å²) in [5, 5.41) is 1.22. The van der Waals surface area contributed by atoms with E-state index in [1.54, 1.807) is 4.31 Å². The van der Waals surface area contributed by atoms with Crippen molar-refractivity contribution in [2.45, 2.75) is 25.2 Å². The van der Waals surface area contributed by atoms with Gasteiger partial charge in [0.05, 0.1) is 5.75 Å². The molecule has 0 aliphatic carbocycles. The number of piperidine rings is 1. The maximum absolute atomic E-state index is 12.7. The Morgan fingerprint density at radius 3 is 2.38 bits per heavy atom. The van der Waals surface area contributed by atoms with Gasteiger partial charge in [-0.15, -0.1) is 0 Å². The topological polar surface area (TPSA) is 53.2 Å². The highest BCUT2D eigenvalue weighted by atomic mass is 32.2. The molecule has 0 amide bonds. The number of aryl methyl sites for hydroxylation is 1. The molecule has 4 rings (SSSR count). The van der Waals surface area contributed by atoms with Gasteiger partial charge < -0.3 is 4.98 Å². The molecule has 0 spiro atoms. The third-order valence-corrected chi connectivity index (χ3v) is 7.20. The second kappa shape index (κ2) is 7.25. The van der Waals surface area contributed by atoms with Gasteiger partial charge in [0.2, 0.25) is 10.0 Å². The fourth-order valence-electron chi connectivity index (χ4n) is 3.78. The number of fused-ring (bicyclic) bond motifs is 1. The lowest BCUT2D eigenvalue weighted by molar-refractivity contribution is 0.317. The maximum atomic E-state index is 12.7. The van der Waals surface area contributed by atoms with Crippen molar-refractivity contribution in [2.24, 2.45) is 0 Å². The van der Waals surface area contributed by atoms with Crippen molar-refractivity contribution in [3.8, 4) is 0 Å². The summed E-state index contributed by atoms with van der Waals surface area (Å²) in [6.45, 7) is 1.22. The van der Waals surface area contributed by atoms with Gasteiger partial charge in [-0.1, -0.05) is 48.5 Å². The summed E-state index contributed by atoms with van der Waals surface area (Å²) >= 11 is 0. The van der Waals surface area contributed by atoms with E-state index in [-0.39, 0.29) is 5.75 Å². The van der Waals surface area contributed by atoms with Gasteiger partial charge >= 0.3 is 0 Å². The van der Waals surface area contributed by atoms with Gasteiger partial charge in [-0.2, -0.15) is 0 Å². The first kappa shape index (κ1) is 17.3. The number of nitrogens with one attached hydrogen (secondary N) is 1. The Kier molecular flexibility index (Phi) is 4.83. The van der Waals surface area contributed by atoms with E-state index in [1.807, 2.05) is 42.5 Å². The van der Waals surface area contributed by atoms with Crippen LogP contribution in [0.25, 0.3) is 10.9 Å². The lowest BCUT2D eigenvalue weighted by atomic mass is 9.95. The number of sulfonamides is 1. The molecule has 0 atom stereocenters. The smallest absolute Gasteiger partial charge is 0.214 e. The Hall–Kier alpha value is -2.11. The molecular formula is C21H24N2O2S. The predicted octanol–water partition coefficient (Wildman–Crippen LogP) is 3.92. The highest BCUT2D eigenvalue weighted by Crippen LogP contribution is 2.30. The van der Waals surface area contributed by atoms with Crippen LogP contribution in [0, 0.1) is 0 Å². The monoisotopic (exact) mass is 368 g/mol. The molecule has 2 aromatic carbocycles. The Balaban J connectivity index is 1.37. The van der Waals surface area contributed by atoms with Crippen molar-refractivity contribution < 1.29 is 8.42 Å². The van der Waals surface area contributed by atoms with Crippen LogP contribution in [0.4, 0.5) is 0 Å². The van der Waals surface area contributed by atoms with Crippen molar-refractivity contribution in [3.63, 3.8) is 0 Å². The van der Waals surface area contributed by atoms with Gasteiger partial charge in [0.25, 0.3) is 0 Å². The van der Waals surface area contributed by atoms with Crippen molar-refractivity contribution in [2.75, 3.05) is 18.8 Å². The molecule has 2 heterocycles. The second-order valence-electron chi connectivity index (χ2n) is 7.04. The van der Waals surface area contributed by atoms with Gasteiger partial charge in [-0.25, -0.2) is 12.7 Å². The molecule has 26 heavy (non-hydrogen) atoms. The lowest BCUT2D eigenvalue weighted by Gasteiger charge is -2.30. The van der Waals surface area contributed by atoms with Crippen LogP contribution in [-0.2, 0) is 16.4 Å². The van der Waals surface area contributed by atoms with Gasteiger partial charge in [0.15, 0.2) is 0 Å². The van der Waals surface area contributed by atoms with Crippen molar-refractivity contribution in [1.29, 1.82) is 0 Å². The molecule has 1 saturated heterocycles. The van der Waals surface area contributed by atoms with Crippen LogP contribution in [0.1, 0.15) is 30.0 Å². The predicted molar refractivity (Wildman–Crippen MR) is 106 cm³/mol. The molecule has 5 heteroatoms. The van der Waals surface area contributed by atoms with Gasteiger partial charge in [0, 0.05) is 30.2 Å². The molecule has 4 nitrogen and oxygen atoms in total. The number of hydrogen-bond acceptors (Lipinski definition) is 2. The zero-order chi connectivity index (χ0) is 18.0. The van der Waals surface area contributed by atoms with Gasteiger partial charge in [0.1, 0.15) is 0 Å². The first-order valence-corrected chi connectivity index (χ1v) is 10.8. The minimum Gasteiger partial charge on any atom is -0.358 e. The molecule has 1 N–H and O–H groups in total. The van der Waals surface area contributed by atoms with E-state index in [4.69, 9.17) is 0 Å². The SMILES string of the molecule is O=S(=O)(CCc1ccccc1)N1CCC(c2cc3ccccc3[nH]2)CC1. The van der Waals surface area contributed by atoms with Crippen molar-refractivity contribution >= 4 is 20.9 Å². The standard InChI is InChI=1S/C21H24N2O2S/c24-26(25,15-12-17-6-2-1-3-7-17)23-13-10-18(11-14-23)21-16-19-8-4-5-9-20(19)22-21/h1-9,16,18,22H,10-15H2. The first-order chi connectivity index (χ1) is 12.6. The molecule has 0 bridgehead atoms. The summed E-state index contributed by atoms with van der Waals surface area (Å²) in [6, 6.07) is 20.3. The van der Waals surface area contributed by atoms with Gasteiger partial charge in [-0.05, 0) is 42.3 Å². The highest BCUT2D eigenvalue weighted by Gasteiger charge is 2.29. The van der Waals surface area contributed by atoms with Crippen LogP contribution < -0.4 is 0 Å². The van der Waals surface area contributed by atoms with E-state index < -0.39 is 10.0 Å². The lowest BCUT2D eigenvalue weighted by Crippen LogP contribution is -2.39. The van der Waals surface area contributed by atoms with Crippen LogP contribution in [0.3, 0.4) is 0 Å². The molecule has 3 aromatic rings. The number of nitrogens with zero attached hydrogens (tertiary/aromatic N) is 1. The van der Waals surface area contributed by atoms with Crippen LogP contribution in [0.15, 0.2) is 60.7 Å². The zero-order valence-corrected chi connectivity index (χ0v) is 15.6. The molecule has 136 valence electrons. The van der Waals surface area contributed by atoms with Crippen LogP contribution in [0.5, 0.6) is 0 Å². The van der Waals surface area contributed by atoms with Crippen LogP contribution >= 0.6 is 0 Å². The first-order valence-electron chi connectivity index (χ1n) is 9.21. The fourth-order valence-corrected chi connectivity index (χ4v) is 5.30. The normalized spacial score (nSPS) is 16.9. The number of hydrogen-bond donors (Lipinski definition) is 1. The van der Waals surface area contributed by atoms with E-state index in [9.17, 15) is 8.42 Å². The van der Waals surface area contributed by atoms with E-state index in [0.29, 0.717) is 25.4 Å². The largest absolute Gasteiger partial charge is 0.358 e. The summed E-state index contributed by atoms with van der Waals surface area (Å²) in [6.07, 6.45) is 2.32. The van der Waals surface area contributed by atoms with Crippen molar-refractivity contribution in [3.05, 3.63) is 71.9 Å². The summed E-state index contributed by atoms with van der Waals surface area (Å²) in [7, 11) is -3.19. The average Bonchev–Trinajstić information content (AvgIpc) is 3.12. The highest BCUT2D eigenvalue weighted by molar-refractivity contribution is 7.89. The van der Waals surface area contributed by atoms with Crippen LogP contribution in [-0.4, -0.2) is 36.5 Å². The molecule has 0 radical (unpaired) electrons. The van der Waals surface area contributed by atoms with E-state index in [1.165, 1.54) is 11.1 Å². The number of H-pyrrole nitrogens is 1. The maximum Gasteiger partial charge on any atom is 0.214 e. The molecule has 0 unspecified atom stereocenters. The molecule has 1 aliphatic rings. The summed E-state index contributed by atoms with van der Waals surface area (Å²) < 4.78 is 27.0. The summed E-state index contributed by atoms with van der Waals surface area (Å²) in [5.74, 6) is 0.594. The summed E-state index contributed by atoms with van der Waals surface area (Å²) in [4.78, 5) is 3.50. The fraction of sp³-hybridized carbons (Fsp3) is 0.333. The Labute approximate surface area is 154 Å². The molecule has 1 fully saturated rings. The number of aromatic nitrogens is 1. The third-order valence-electron chi connectivity index (χ3n) is 5.33. The Bertz CT molecular complexity index is 938. The number of benzene rings is 2. The molecule has 1 aliphatic heterocycles. The van der Waals surface area contributed by atoms with E-state index >= 15 is 0 Å². The van der Waals surface area contributed by atoms with Crippen LogP contribution in [0.2, 0.25) is 0 Å². The second-order valence-corrected chi connectivity index (χ2v) is 9.13. The third kappa shape index (κ3) is 3.69. The average molecular weight is 369 g/mol. The Morgan fingerprint density at radius 1 is 0.962 bits per heavy atom. The number of para-hydroxylation sites is 1.